The zero-order chi connectivity index (χ0) is 11.8. The molecule has 1 aromatic carbocycles. The molecular weight excluding hydrogens is 258 g/mol. The number of hydrogen-bond acceptors (Lipinski definition) is 2. The summed E-state index contributed by atoms with van der Waals surface area (Å²) in [6.45, 7) is 7.76. The predicted octanol–water partition coefficient (Wildman–Crippen LogP) is 3.96. The van der Waals surface area contributed by atoms with E-state index >= 15 is 0 Å². The van der Waals surface area contributed by atoms with Crippen molar-refractivity contribution in [1.29, 1.82) is 0 Å². The Bertz CT molecular complexity index is 408. The lowest BCUT2D eigenvalue weighted by atomic mass is 9.85. The van der Waals surface area contributed by atoms with E-state index in [1.165, 1.54) is 0 Å². The Morgan fingerprint density at radius 3 is 2.27 bits per heavy atom. The molecule has 0 aromatic heterocycles. The van der Waals surface area contributed by atoms with Gasteiger partial charge in [-0.25, -0.2) is 0 Å². The lowest BCUT2D eigenvalue weighted by Gasteiger charge is -2.19. The average molecular weight is 272 g/mol. The Kier molecular flexibility index (Phi) is 3.19. The number of nitrogens with zero attached hydrogens (tertiary/aromatic N) is 1. The summed E-state index contributed by atoms with van der Waals surface area (Å²) in [4.78, 5) is 10.6. The van der Waals surface area contributed by atoms with Crippen molar-refractivity contribution in [2.45, 2.75) is 33.1 Å². The van der Waals surface area contributed by atoms with Gasteiger partial charge in [0.15, 0.2) is 0 Å². The minimum Gasteiger partial charge on any atom is -0.258 e. The lowest BCUT2D eigenvalue weighted by Crippen LogP contribution is -2.14. The zero-order valence-corrected chi connectivity index (χ0v) is 10.9. The van der Waals surface area contributed by atoms with Crippen molar-refractivity contribution in [2.24, 2.45) is 0 Å². The fourth-order valence-electron chi connectivity index (χ4n) is 1.42. The molecule has 15 heavy (non-hydrogen) atoms. The highest BCUT2D eigenvalue weighted by atomic mass is 79.9. The van der Waals surface area contributed by atoms with Gasteiger partial charge in [-0.05, 0) is 24.0 Å². The SMILES string of the molecule is Cc1cc([N+](=O)[O-])c(C(C)(C)C)cc1Br. The number of hydrogen-bond donors (Lipinski definition) is 0. The molecule has 82 valence electrons. The van der Waals surface area contributed by atoms with E-state index in [-0.39, 0.29) is 16.0 Å². The molecule has 0 bridgehead atoms. The van der Waals surface area contributed by atoms with Gasteiger partial charge >= 0.3 is 0 Å². The van der Waals surface area contributed by atoms with Crippen LogP contribution in [0, 0.1) is 17.0 Å². The lowest BCUT2D eigenvalue weighted by molar-refractivity contribution is -0.386. The molecular formula is C11H14BrNO2. The van der Waals surface area contributed by atoms with Gasteiger partial charge in [-0.2, -0.15) is 0 Å². The van der Waals surface area contributed by atoms with Crippen LogP contribution in [-0.2, 0) is 5.41 Å². The highest BCUT2D eigenvalue weighted by Crippen LogP contribution is 2.35. The minimum absolute atomic E-state index is 0.197. The molecule has 0 aliphatic rings. The number of rotatable bonds is 1. The van der Waals surface area contributed by atoms with E-state index < -0.39 is 0 Å². The monoisotopic (exact) mass is 271 g/mol. The van der Waals surface area contributed by atoms with Gasteiger partial charge in [-0.3, -0.25) is 10.1 Å². The molecule has 0 spiro atoms. The van der Waals surface area contributed by atoms with Crippen LogP contribution in [0.3, 0.4) is 0 Å². The molecule has 4 heteroatoms. The molecule has 0 radical (unpaired) electrons. The molecule has 0 atom stereocenters. The zero-order valence-electron chi connectivity index (χ0n) is 9.30. The molecule has 0 fully saturated rings. The molecule has 0 saturated heterocycles. The highest BCUT2D eigenvalue weighted by molar-refractivity contribution is 9.10. The van der Waals surface area contributed by atoms with E-state index in [9.17, 15) is 10.1 Å². The third-order valence-electron chi connectivity index (χ3n) is 2.28. The van der Waals surface area contributed by atoms with Crippen LogP contribution in [0.1, 0.15) is 31.9 Å². The Morgan fingerprint density at radius 2 is 1.87 bits per heavy atom. The molecule has 0 amide bonds. The first-order chi connectivity index (χ1) is 6.73. The van der Waals surface area contributed by atoms with Crippen molar-refractivity contribution < 1.29 is 4.92 Å². The van der Waals surface area contributed by atoms with Crippen LogP contribution in [0.5, 0.6) is 0 Å². The molecule has 3 nitrogen and oxygen atoms in total. The van der Waals surface area contributed by atoms with E-state index in [2.05, 4.69) is 15.9 Å². The van der Waals surface area contributed by atoms with E-state index in [0.29, 0.717) is 0 Å². The fraction of sp³-hybridized carbons (Fsp3) is 0.455. The first kappa shape index (κ1) is 12.2. The maximum absolute atomic E-state index is 10.9. The first-order valence-electron chi connectivity index (χ1n) is 4.68. The largest absolute Gasteiger partial charge is 0.273 e. The number of nitro benzene ring substituents is 1. The van der Waals surface area contributed by atoms with Crippen molar-refractivity contribution in [3.05, 3.63) is 37.8 Å². The molecule has 1 rings (SSSR count). The molecule has 0 aliphatic heterocycles. The summed E-state index contributed by atoms with van der Waals surface area (Å²) < 4.78 is 0.915. The van der Waals surface area contributed by atoms with E-state index in [1.54, 1.807) is 6.07 Å². The molecule has 0 aliphatic carbocycles. The van der Waals surface area contributed by atoms with Gasteiger partial charge in [0.05, 0.1) is 4.92 Å². The Hall–Kier alpha value is -0.900. The standard InChI is InChI=1S/C11H14BrNO2/c1-7-5-10(13(14)15)8(6-9(7)12)11(2,3)4/h5-6H,1-4H3. The quantitative estimate of drug-likeness (QED) is 0.573. The van der Waals surface area contributed by atoms with Crippen molar-refractivity contribution in [2.75, 3.05) is 0 Å². The van der Waals surface area contributed by atoms with Gasteiger partial charge in [-0.1, -0.05) is 36.7 Å². The number of benzene rings is 1. The molecule has 0 saturated carbocycles. The smallest absolute Gasteiger partial charge is 0.258 e. The third kappa shape index (κ3) is 2.56. The Balaban J connectivity index is 3.49. The van der Waals surface area contributed by atoms with Crippen molar-refractivity contribution >= 4 is 21.6 Å². The van der Waals surface area contributed by atoms with Gasteiger partial charge in [0.1, 0.15) is 0 Å². The fourth-order valence-corrected chi connectivity index (χ4v) is 1.76. The maximum Gasteiger partial charge on any atom is 0.273 e. The van der Waals surface area contributed by atoms with Crippen molar-refractivity contribution in [3.8, 4) is 0 Å². The van der Waals surface area contributed by atoms with Crippen LogP contribution in [0.2, 0.25) is 0 Å². The topological polar surface area (TPSA) is 43.1 Å². The van der Waals surface area contributed by atoms with Gasteiger partial charge in [-0.15, -0.1) is 0 Å². The van der Waals surface area contributed by atoms with E-state index in [4.69, 9.17) is 0 Å². The van der Waals surface area contributed by atoms with Crippen LogP contribution >= 0.6 is 15.9 Å². The van der Waals surface area contributed by atoms with Gasteiger partial charge < -0.3 is 0 Å². The predicted molar refractivity (Wildman–Crippen MR) is 64.2 cm³/mol. The normalized spacial score (nSPS) is 11.5. The number of nitro groups is 1. The second kappa shape index (κ2) is 3.93. The van der Waals surface area contributed by atoms with Crippen LogP contribution in [0.4, 0.5) is 5.69 Å². The molecule has 1 aromatic rings. The summed E-state index contributed by atoms with van der Waals surface area (Å²) in [6.07, 6.45) is 0. The Morgan fingerprint density at radius 1 is 1.33 bits per heavy atom. The molecule has 0 N–H and O–H groups in total. The summed E-state index contributed by atoms with van der Waals surface area (Å²) in [7, 11) is 0. The number of halogens is 1. The second-order valence-corrected chi connectivity index (χ2v) is 5.48. The summed E-state index contributed by atoms with van der Waals surface area (Å²) in [5.41, 5.74) is 1.61. The molecule has 0 unspecified atom stereocenters. The van der Waals surface area contributed by atoms with E-state index in [1.807, 2.05) is 33.8 Å². The summed E-state index contributed by atoms with van der Waals surface area (Å²) >= 11 is 3.40. The summed E-state index contributed by atoms with van der Waals surface area (Å²) in [6, 6.07) is 3.46. The summed E-state index contributed by atoms with van der Waals surface area (Å²) in [5.74, 6) is 0. The Labute approximate surface area is 97.8 Å². The van der Waals surface area contributed by atoms with Crippen LogP contribution in [0.25, 0.3) is 0 Å². The van der Waals surface area contributed by atoms with Crippen LogP contribution < -0.4 is 0 Å². The number of aryl methyl sites for hydroxylation is 1. The third-order valence-corrected chi connectivity index (χ3v) is 3.14. The van der Waals surface area contributed by atoms with E-state index in [0.717, 1.165) is 15.6 Å². The van der Waals surface area contributed by atoms with Crippen LogP contribution in [0.15, 0.2) is 16.6 Å². The van der Waals surface area contributed by atoms with Crippen molar-refractivity contribution in [3.63, 3.8) is 0 Å². The highest BCUT2D eigenvalue weighted by Gasteiger charge is 2.25. The maximum atomic E-state index is 10.9. The first-order valence-corrected chi connectivity index (χ1v) is 5.48. The van der Waals surface area contributed by atoms with Gasteiger partial charge in [0.25, 0.3) is 5.69 Å². The van der Waals surface area contributed by atoms with Gasteiger partial charge in [0, 0.05) is 16.1 Å². The summed E-state index contributed by atoms with van der Waals surface area (Å²) in [5, 5.41) is 10.9. The molecule has 0 heterocycles. The average Bonchev–Trinajstić information content (AvgIpc) is 2.06. The second-order valence-electron chi connectivity index (χ2n) is 4.63. The van der Waals surface area contributed by atoms with Gasteiger partial charge in [0.2, 0.25) is 0 Å². The van der Waals surface area contributed by atoms with Crippen LogP contribution in [-0.4, -0.2) is 4.92 Å². The van der Waals surface area contributed by atoms with Crippen molar-refractivity contribution in [1.82, 2.24) is 0 Å². The minimum atomic E-state index is -0.319.